The summed E-state index contributed by atoms with van der Waals surface area (Å²) >= 11 is 1.37. The molecule has 0 fully saturated rings. The van der Waals surface area contributed by atoms with Crippen LogP contribution >= 0.6 is 11.3 Å². The Labute approximate surface area is 152 Å². The van der Waals surface area contributed by atoms with Crippen molar-refractivity contribution < 1.29 is 14.3 Å². The molecule has 1 atom stereocenters. The number of rotatable bonds is 8. The van der Waals surface area contributed by atoms with Gasteiger partial charge in [-0.3, -0.25) is 4.79 Å². The van der Waals surface area contributed by atoms with Crippen molar-refractivity contribution in [1.29, 1.82) is 0 Å². The molecule has 1 aromatic carbocycles. The number of aromatic nitrogens is 1. The first-order chi connectivity index (χ1) is 12.1. The third-order valence-electron chi connectivity index (χ3n) is 3.99. The highest BCUT2D eigenvalue weighted by atomic mass is 32.1. The lowest BCUT2D eigenvalue weighted by Gasteiger charge is -2.26. The number of carbonyl (C=O) groups is 2. The average Bonchev–Trinajstić information content (AvgIpc) is 3.10. The van der Waals surface area contributed by atoms with Gasteiger partial charge in [-0.1, -0.05) is 44.2 Å². The number of hydrogen-bond acceptors (Lipinski definition) is 5. The molecule has 0 spiro atoms. The second-order valence-corrected chi connectivity index (χ2v) is 6.69. The molecule has 0 saturated carbocycles. The minimum Gasteiger partial charge on any atom is -0.464 e. The van der Waals surface area contributed by atoms with E-state index in [1.807, 2.05) is 49.1 Å². The van der Waals surface area contributed by atoms with Gasteiger partial charge >= 0.3 is 5.97 Å². The fraction of sp³-hybridized carbons (Fsp3) is 0.421. The van der Waals surface area contributed by atoms with E-state index in [9.17, 15) is 9.59 Å². The van der Waals surface area contributed by atoms with Crippen LogP contribution in [0.1, 0.15) is 53.7 Å². The molecule has 0 N–H and O–H groups in total. The van der Waals surface area contributed by atoms with E-state index in [4.69, 9.17) is 0 Å². The molecule has 6 heteroatoms. The van der Waals surface area contributed by atoms with E-state index in [2.05, 4.69) is 9.72 Å². The minimum atomic E-state index is -0.452. The van der Waals surface area contributed by atoms with Gasteiger partial charge in [0.15, 0.2) is 5.69 Å². The first kappa shape index (κ1) is 19.1. The summed E-state index contributed by atoms with van der Waals surface area (Å²) < 4.78 is 4.69. The molecule has 0 unspecified atom stereocenters. The van der Waals surface area contributed by atoms with Crippen molar-refractivity contribution in [2.24, 2.45) is 0 Å². The standard InChI is InChI=1S/C19H24N2O3S/c1-4-11-21(12-17-20-16(13-25-17)19(23)24-3)18(22)15(5-2)14-9-7-6-8-10-14/h6-10,13,15H,4-5,11-12H2,1-3H3/t15-/m0/s1. The third kappa shape index (κ3) is 4.89. The maximum absolute atomic E-state index is 13.1. The molecule has 0 aliphatic heterocycles. The van der Waals surface area contributed by atoms with Crippen molar-refractivity contribution in [3.63, 3.8) is 0 Å². The number of hydrogen-bond donors (Lipinski definition) is 0. The van der Waals surface area contributed by atoms with Crippen molar-refractivity contribution in [2.75, 3.05) is 13.7 Å². The van der Waals surface area contributed by atoms with Gasteiger partial charge < -0.3 is 9.64 Å². The molecule has 0 radical (unpaired) electrons. The number of thiazole rings is 1. The molecular formula is C19H24N2O3S. The molecule has 2 aromatic rings. The first-order valence-corrected chi connectivity index (χ1v) is 9.35. The molecule has 0 bridgehead atoms. The molecule has 0 saturated heterocycles. The van der Waals surface area contributed by atoms with Crippen molar-refractivity contribution in [2.45, 2.75) is 39.2 Å². The van der Waals surface area contributed by atoms with Crippen molar-refractivity contribution in [3.8, 4) is 0 Å². The lowest BCUT2D eigenvalue weighted by atomic mass is 9.95. The highest BCUT2D eigenvalue weighted by Gasteiger charge is 2.25. The molecule has 0 aliphatic carbocycles. The molecular weight excluding hydrogens is 336 g/mol. The second-order valence-electron chi connectivity index (χ2n) is 5.75. The largest absolute Gasteiger partial charge is 0.464 e. The van der Waals surface area contributed by atoms with Gasteiger partial charge in [0.05, 0.1) is 19.6 Å². The molecule has 134 valence electrons. The Morgan fingerprint density at radius 2 is 1.96 bits per heavy atom. The van der Waals surface area contributed by atoms with Crippen molar-refractivity contribution in [3.05, 3.63) is 52.0 Å². The normalized spacial score (nSPS) is 11.8. The molecule has 0 aliphatic rings. The van der Waals surface area contributed by atoms with Gasteiger partial charge in [0.25, 0.3) is 0 Å². The summed E-state index contributed by atoms with van der Waals surface area (Å²) in [5, 5.41) is 2.41. The van der Waals surface area contributed by atoms with E-state index >= 15 is 0 Å². The van der Waals surface area contributed by atoms with Gasteiger partial charge in [0, 0.05) is 11.9 Å². The zero-order valence-electron chi connectivity index (χ0n) is 14.9. The van der Waals surface area contributed by atoms with E-state index in [1.54, 1.807) is 5.38 Å². The lowest BCUT2D eigenvalue weighted by Crippen LogP contribution is -2.35. The number of ether oxygens (including phenoxy) is 1. The second kappa shape index (κ2) is 9.32. The van der Waals surface area contributed by atoms with Crippen LogP contribution in [-0.4, -0.2) is 35.4 Å². The fourth-order valence-corrected chi connectivity index (χ4v) is 3.52. The summed E-state index contributed by atoms with van der Waals surface area (Å²) in [4.78, 5) is 30.8. The van der Waals surface area contributed by atoms with Crippen LogP contribution in [0.4, 0.5) is 0 Å². The Morgan fingerprint density at radius 1 is 1.24 bits per heavy atom. The van der Waals surface area contributed by atoms with Gasteiger partial charge in [-0.15, -0.1) is 11.3 Å². The maximum Gasteiger partial charge on any atom is 0.357 e. The van der Waals surface area contributed by atoms with Crippen LogP contribution in [0.2, 0.25) is 0 Å². The highest BCUT2D eigenvalue weighted by molar-refractivity contribution is 7.09. The fourth-order valence-electron chi connectivity index (χ4n) is 2.74. The Bertz CT molecular complexity index is 700. The summed E-state index contributed by atoms with van der Waals surface area (Å²) in [6.45, 7) is 5.15. The van der Waals surface area contributed by atoms with Crippen molar-refractivity contribution >= 4 is 23.2 Å². The summed E-state index contributed by atoms with van der Waals surface area (Å²) in [6.07, 6.45) is 1.61. The zero-order chi connectivity index (χ0) is 18.2. The van der Waals surface area contributed by atoms with Crippen LogP contribution in [0.15, 0.2) is 35.7 Å². The maximum atomic E-state index is 13.1. The quantitative estimate of drug-likeness (QED) is 0.671. The van der Waals surface area contributed by atoms with Gasteiger partial charge in [0.1, 0.15) is 5.01 Å². The predicted octanol–water partition coefficient (Wildman–Crippen LogP) is 3.86. The highest BCUT2D eigenvalue weighted by Crippen LogP contribution is 2.24. The van der Waals surface area contributed by atoms with E-state index < -0.39 is 5.97 Å². The van der Waals surface area contributed by atoms with Gasteiger partial charge in [-0.05, 0) is 18.4 Å². The first-order valence-electron chi connectivity index (χ1n) is 8.47. The van der Waals surface area contributed by atoms with Gasteiger partial charge in [-0.2, -0.15) is 0 Å². The third-order valence-corrected chi connectivity index (χ3v) is 4.82. The topological polar surface area (TPSA) is 59.5 Å². The molecule has 1 amide bonds. The van der Waals surface area contributed by atoms with Crippen LogP contribution in [0.25, 0.3) is 0 Å². The number of amides is 1. The number of esters is 1. The van der Waals surface area contributed by atoms with Crippen LogP contribution < -0.4 is 0 Å². The van der Waals surface area contributed by atoms with Gasteiger partial charge in [0.2, 0.25) is 5.91 Å². The van der Waals surface area contributed by atoms with Crippen LogP contribution in [-0.2, 0) is 16.1 Å². The summed E-state index contributed by atoms with van der Waals surface area (Å²) in [5.41, 5.74) is 1.33. The number of benzene rings is 1. The van der Waals surface area contributed by atoms with E-state index in [1.165, 1.54) is 18.4 Å². The Kier molecular flexibility index (Phi) is 7.13. The molecule has 5 nitrogen and oxygen atoms in total. The summed E-state index contributed by atoms with van der Waals surface area (Å²) in [5.74, 6) is -0.509. The molecule has 1 aromatic heterocycles. The molecule has 1 heterocycles. The molecule has 2 rings (SSSR count). The van der Waals surface area contributed by atoms with Crippen LogP contribution in [0.5, 0.6) is 0 Å². The number of methoxy groups -OCH3 is 1. The smallest absolute Gasteiger partial charge is 0.357 e. The lowest BCUT2D eigenvalue weighted by molar-refractivity contribution is -0.133. The Hall–Kier alpha value is -2.21. The number of carbonyl (C=O) groups excluding carboxylic acids is 2. The summed E-state index contributed by atoms with van der Waals surface area (Å²) in [6, 6.07) is 9.86. The Morgan fingerprint density at radius 3 is 2.56 bits per heavy atom. The minimum absolute atomic E-state index is 0.102. The van der Waals surface area contributed by atoms with Gasteiger partial charge in [-0.25, -0.2) is 9.78 Å². The molecule has 25 heavy (non-hydrogen) atoms. The van der Waals surface area contributed by atoms with Crippen LogP contribution in [0, 0.1) is 0 Å². The van der Waals surface area contributed by atoms with Crippen LogP contribution in [0.3, 0.4) is 0 Å². The van der Waals surface area contributed by atoms with Crippen molar-refractivity contribution in [1.82, 2.24) is 9.88 Å². The zero-order valence-corrected chi connectivity index (χ0v) is 15.7. The average molecular weight is 360 g/mol. The van der Waals surface area contributed by atoms with E-state index in [-0.39, 0.29) is 11.8 Å². The predicted molar refractivity (Wildman–Crippen MR) is 98.6 cm³/mol. The SMILES string of the molecule is CCCN(Cc1nc(C(=O)OC)cs1)C(=O)[C@@H](CC)c1ccccc1. The monoisotopic (exact) mass is 360 g/mol. The summed E-state index contributed by atoms with van der Waals surface area (Å²) in [7, 11) is 1.33. The number of nitrogens with zero attached hydrogens (tertiary/aromatic N) is 2. The van der Waals surface area contributed by atoms with E-state index in [0.717, 1.165) is 23.4 Å². The van der Waals surface area contributed by atoms with E-state index in [0.29, 0.717) is 18.8 Å². The Balaban J connectivity index is 2.17.